The first kappa shape index (κ1) is 15.5. The fraction of sp³-hybridized carbons (Fsp3) is 0.615. The van der Waals surface area contributed by atoms with Crippen LogP contribution in [0.15, 0.2) is 11.4 Å². The number of hydrogen-bond acceptors (Lipinski definition) is 5. The summed E-state index contributed by atoms with van der Waals surface area (Å²) in [5.41, 5.74) is 7.49. The lowest BCUT2D eigenvalue weighted by Crippen LogP contribution is -2.26. The number of nitrogens with two attached hydrogens (primary N) is 1. The molecule has 0 aliphatic carbocycles. The van der Waals surface area contributed by atoms with E-state index in [1.807, 2.05) is 0 Å². The molecule has 2 atom stereocenters. The average Bonchev–Trinajstić information content (AvgIpc) is 2.79. The molecular formula is C13H21NO2S2. The molecule has 0 aliphatic rings. The Hall–Kier alpha value is -0.520. The second-order valence-electron chi connectivity index (χ2n) is 4.16. The summed E-state index contributed by atoms with van der Waals surface area (Å²) in [7, 11) is 1.42. The highest BCUT2D eigenvalue weighted by Gasteiger charge is 2.22. The van der Waals surface area contributed by atoms with Crippen molar-refractivity contribution in [3.63, 3.8) is 0 Å². The molecule has 2 unspecified atom stereocenters. The minimum Gasteiger partial charge on any atom is -0.469 e. The van der Waals surface area contributed by atoms with Crippen LogP contribution in [0.25, 0.3) is 0 Å². The van der Waals surface area contributed by atoms with Crippen molar-refractivity contribution < 1.29 is 9.53 Å². The van der Waals surface area contributed by atoms with E-state index in [9.17, 15) is 4.79 Å². The van der Waals surface area contributed by atoms with Crippen molar-refractivity contribution in [3.8, 4) is 0 Å². The molecule has 102 valence electrons. The highest BCUT2D eigenvalue weighted by Crippen LogP contribution is 2.37. The number of esters is 1. The standard InChI is InChI=1S/C13H21NO2S2/c1-4-10(14)13(12-9(2)5-7-17-12)18-8-6-11(15)16-3/h5,7,10,13H,4,6,8,14H2,1-3H3. The van der Waals surface area contributed by atoms with E-state index in [1.165, 1.54) is 17.6 Å². The van der Waals surface area contributed by atoms with Crippen LogP contribution in [0.1, 0.15) is 35.5 Å². The van der Waals surface area contributed by atoms with Crippen LogP contribution >= 0.6 is 23.1 Å². The van der Waals surface area contributed by atoms with Gasteiger partial charge in [0.05, 0.1) is 18.8 Å². The molecule has 0 fully saturated rings. The number of rotatable bonds is 7. The van der Waals surface area contributed by atoms with Gasteiger partial charge in [0, 0.05) is 16.7 Å². The first-order valence-electron chi connectivity index (χ1n) is 6.08. The normalized spacial score (nSPS) is 14.2. The van der Waals surface area contributed by atoms with Crippen LogP contribution in [0.4, 0.5) is 0 Å². The van der Waals surface area contributed by atoms with Gasteiger partial charge in [-0.1, -0.05) is 6.92 Å². The van der Waals surface area contributed by atoms with Crippen molar-refractivity contribution in [2.45, 2.75) is 38.0 Å². The SMILES string of the molecule is CCC(N)C(SCCC(=O)OC)c1sccc1C. The third-order valence-corrected chi connectivity index (χ3v) is 5.49. The molecule has 0 aliphatic heterocycles. The van der Waals surface area contributed by atoms with Crippen LogP contribution in [0.2, 0.25) is 0 Å². The lowest BCUT2D eigenvalue weighted by molar-refractivity contribution is -0.140. The average molecular weight is 287 g/mol. The van der Waals surface area contributed by atoms with E-state index in [0.29, 0.717) is 6.42 Å². The number of carbonyl (C=O) groups is 1. The molecule has 3 nitrogen and oxygen atoms in total. The van der Waals surface area contributed by atoms with Gasteiger partial charge in [0.1, 0.15) is 0 Å². The molecule has 0 bridgehead atoms. The summed E-state index contributed by atoms with van der Waals surface area (Å²) in [5, 5.41) is 2.38. The number of carbonyl (C=O) groups excluding carboxylic acids is 1. The van der Waals surface area contributed by atoms with Crippen molar-refractivity contribution in [1.29, 1.82) is 0 Å². The van der Waals surface area contributed by atoms with Gasteiger partial charge >= 0.3 is 5.97 Å². The molecule has 1 aromatic heterocycles. The van der Waals surface area contributed by atoms with Gasteiger partial charge in [0.15, 0.2) is 0 Å². The van der Waals surface area contributed by atoms with Gasteiger partial charge < -0.3 is 10.5 Å². The summed E-state index contributed by atoms with van der Waals surface area (Å²) >= 11 is 3.50. The van der Waals surface area contributed by atoms with Crippen LogP contribution in [-0.4, -0.2) is 24.9 Å². The molecule has 0 saturated carbocycles. The zero-order valence-electron chi connectivity index (χ0n) is 11.1. The van der Waals surface area contributed by atoms with Crippen molar-refractivity contribution in [2.24, 2.45) is 5.73 Å². The van der Waals surface area contributed by atoms with Gasteiger partial charge in [-0.05, 0) is 30.4 Å². The summed E-state index contributed by atoms with van der Waals surface area (Å²) in [6.45, 7) is 4.21. The number of methoxy groups -OCH3 is 1. The van der Waals surface area contributed by atoms with Gasteiger partial charge in [0.2, 0.25) is 0 Å². The summed E-state index contributed by atoms with van der Waals surface area (Å²) in [4.78, 5) is 12.5. The number of aryl methyl sites for hydroxylation is 1. The van der Waals surface area contributed by atoms with Crippen LogP contribution in [-0.2, 0) is 9.53 Å². The fourth-order valence-corrected chi connectivity index (χ4v) is 4.32. The first-order valence-corrected chi connectivity index (χ1v) is 8.01. The third-order valence-electron chi connectivity index (χ3n) is 2.85. The molecule has 2 N–H and O–H groups in total. The Balaban J connectivity index is 2.63. The zero-order chi connectivity index (χ0) is 13.5. The molecule has 1 aromatic rings. The molecule has 0 amide bonds. The maximum atomic E-state index is 11.1. The Morgan fingerprint density at radius 3 is 2.83 bits per heavy atom. The summed E-state index contributed by atoms with van der Waals surface area (Å²) in [6.07, 6.45) is 1.38. The summed E-state index contributed by atoms with van der Waals surface area (Å²) in [6, 6.07) is 2.25. The van der Waals surface area contributed by atoms with E-state index in [4.69, 9.17) is 5.73 Å². The molecular weight excluding hydrogens is 266 g/mol. The Labute approximate surface area is 117 Å². The molecule has 0 saturated heterocycles. The Bertz CT molecular complexity index is 379. The second kappa shape index (κ2) is 7.81. The quantitative estimate of drug-likeness (QED) is 0.783. The van der Waals surface area contributed by atoms with Gasteiger partial charge in [-0.25, -0.2) is 0 Å². The van der Waals surface area contributed by atoms with Crippen LogP contribution in [0.3, 0.4) is 0 Å². The molecule has 1 heterocycles. The first-order chi connectivity index (χ1) is 8.60. The molecule has 0 spiro atoms. The lowest BCUT2D eigenvalue weighted by Gasteiger charge is -2.22. The van der Waals surface area contributed by atoms with E-state index in [-0.39, 0.29) is 17.3 Å². The maximum Gasteiger partial charge on any atom is 0.306 e. The highest BCUT2D eigenvalue weighted by atomic mass is 32.2. The van der Waals surface area contributed by atoms with Gasteiger partial charge in [-0.3, -0.25) is 4.79 Å². The largest absolute Gasteiger partial charge is 0.469 e. The minimum absolute atomic E-state index is 0.130. The van der Waals surface area contributed by atoms with Gasteiger partial charge in [-0.2, -0.15) is 11.8 Å². The molecule has 1 rings (SSSR count). The van der Waals surface area contributed by atoms with Crippen molar-refractivity contribution in [1.82, 2.24) is 0 Å². The maximum absolute atomic E-state index is 11.1. The zero-order valence-corrected chi connectivity index (χ0v) is 12.8. The Morgan fingerprint density at radius 2 is 2.33 bits per heavy atom. The number of thioether (sulfide) groups is 1. The van der Waals surface area contributed by atoms with Crippen LogP contribution in [0.5, 0.6) is 0 Å². The molecule has 18 heavy (non-hydrogen) atoms. The van der Waals surface area contributed by atoms with Crippen LogP contribution < -0.4 is 5.73 Å². The van der Waals surface area contributed by atoms with Gasteiger partial charge in [0.25, 0.3) is 0 Å². The predicted octanol–water partition coefficient (Wildman–Crippen LogP) is 3.13. The minimum atomic E-state index is -0.158. The van der Waals surface area contributed by atoms with E-state index in [0.717, 1.165) is 12.2 Å². The van der Waals surface area contributed by atoms with E-state index in [2.05, 4.69) is 30.0 Å². The molecule has 5 heteroatoms. The van der Waals surface area contributed by atoms with Crippen LogP contribution in [0, 0.1) is 6.92 Å². The second-order valence-corrected chi connectivity index (χ2v) is 6.35. The molecule has 0 radical (unpaired) electrons. The lowest BCUT2D eigenvalue weighted by atomic mass is 10.1. The number of hydrogen-bond donors (Lipinski definition) is 1. The Kier molecular flexibility index (Phi) is 6.75. The predicted molar refractivity (Wildman–Crippen MR) is 79.2 cm³/mol. The topological polar surface area (TPSA) is 52.3 Å². The van der Waals surface area contributed by atoms with Crippen molar-refractivity contribution in [3.05, 3.63) is 21.9 Å². The summed E-state index contributed by atoms with van der Waals surface area (Å²) < 4.78 is 4.65. The monoisotopic (exact) mass is 287 g/mol. The smallest absolute Gasteiger partial charge is 0.306 e. The van der Waals surface area contributed by atoms with Crippen molar-refractivity contribution in [2.75, 3.05) is 12.9 Å². The third kappa shape index (κ3) is 4.30. The van der Waals surface area contributed by atoms with E-state index < -0.39 is 0 Å². The van der Waals surface area contributed by atoms with Gasteiger partial charge in [-0.15, -0.1) is 11.3 Å². The fourth-order valence-electron chi connectivity index (χ4n) is 1.66. The number of thiophene rings is 1. The van der Waals surface area contributed by atoms with E-state index >= 15 is 0 Å². The van der Waals surface area contributed by atoms with E-state index in [1.54, 1.807) is 23.1 Å². The Morgan fingerprint density at radius 1 is 1.61 bits per heavy atom. The van der Waals surface area contributed by atoms with Crippen molar-refractivity contribution >= 4 is 29.1 Å². The summed E-state index contributed by atoms with van der Waals surface area (Å²) in [5.74, 6) is 0.594. The molecule has 0 aromatic carbocycles. The number of ether oxygens (including phenoxy) is 1. The highest BCUT2D eigenvalue weighted by molar-refractivity contribution is 7.99.